The molecule has 2 rings (SSSR count). The van der Waals surface area contributed by atoms with Crippen molar-refractivity contribution in [3.05, 3.63) is 34.3 Å². The first-order valence-electron chi connectivity index (χ1n) is 5.25. The number of nitrogens with two attached hydrogens (primary N) is 1. The van der Waals surface area contributed by atoms with Crippen LogP contribution in [0, 0.1) is 5.92 Å². The third-order valence-corrected chi connectivity index (χ3v) is 3.36. The molecule has 2 unspecified atom stereocenters. The maximum atomic E-state index is 11.5. The van der Waals surface area contributed by atoms with Crippen LogP contribution in [0.25, 0.3) is 0 Å². The zero-order chi connectivity index (χ0) is 11.7. The number of halogens is 1. The minimum absolute atomic E-state index is 0.238. The number of carbonyl (C=O) groups is 1. The molecule has 0 radical (unpaired) electrons. The number of aryl methyl sites for hydroxylation is 1. The van der Waals surface area contributed by atoms with Gasteiger partial charge in [-0.25, -0.2) is 0 Å². The topological polar surface area (TPSA) is 52.3 Å². The van der Waals surface area contributed by atoms with E-state index in [0.29, 0.717) is 5.02 Å². The Morgan fingerprint density at radius 2 is 2.31 bits per heavy atom. The molecule has 1 aliphatic carbocycles. The summed E-state index contributed by atoms with van der Waals surface area (Å²) in [7, 11) is 1.39. The number of hydrogen-bond donors (Lipinski definition) is 1. The normalized spacial score (nSPS) is 23.7. The molecule has 86 valence electrons. The second-order valence-corrected chi connectivity index (χ2v) is 4.47. The van der Waals surface area contributed by atoms with E-state index in [1.807, 2.05) is 18.2 Å². The van der Waals surface area contributed by atoms with Gasteiger partial charge in [-0.05, 0) is 36.1 Å². The van der Waals surface area contributed by atoms with Crippen molar-refractivity contribution in [2.45, 2.75) is 18.9 Å². The van der Waals surface area contributed by atoms with Gasteiger partial charge in [0.2, 0.25) is 0 Å². The van der Waals surface area contributed by atoms with E-state index in [-0.39, 0.29) is 17.9 Å². The number of fused-ring (bicyclic) bond motifs is 1. The fourth-order valence-corrected chi connectivity index (χ4v) is 2.41. The standard InChI is InChI=1S/C12H14ClNO2/c1-16-12(15)9-5-3-7-2-4-8(13)6-10(7)11(9)14/h2,4,6,9,11H,3,5,14H2,1H3. The van der Waals surface area contributed by atoms with Gasteiger partial charge in [0.25, 0.3) is 0 Å². The maximum Gasteiger partial charge on any atom is 0.310 e. The van der Waals surface area contributed by atoms with E-state index in [1.165, 1.54) is 12.7 Å². The summed E-state index contributed by atoms with van der Waals surface area (Å²) in [5.41, 5.74) is 8.22. The summed E-state index contributed by atoms with van der Waals surface area (Å²) in [6, 6.07) is 5.36. The molecule has 0 aliphatic heterocycles. The molecule has 0 heterocycles. The van der Waals surface area contributed by atoms with Gasteiger partial charge in [0.05, 0.1) is 13.0 Å². The van der Waals surface area contributed by atoms with Crippen LogP contribution >= 0.6 is 11.6 Å². The second kappa shape index (κ2) is 4.44. The first kappa shape index (κ1) is 11.4. The molecule has 2 N–H and O–H groups in total. The summed E-state index contributed by atoms with van der Waals surface area (Å²) in [5, 5.41) is 0.653. The molecule has 3 nitrogen and oxygen atoms in total. The van der Waals surface area contributed by atoms with Crippen LogP contribution in [0.3, 0.4) is 0 Å². The Morgan fingerprint density at radius 1 is 1.56 bits per heavy atom. The highest BCUT2D eigenvalue weighted by molar-refractivity contribution is 6.30. The molecule has 4 heteroatoms. The first-order valence-corrected chi connectivity index (χ1v) is 5.63. The largest absolute Gasteiger partial charge is 0.469 e. The number of ether oxygens (including phenoxy) is 1. The van der Waals surface area contributed by atoms with E-state index in [2.05, 4.69) is 0 Å². The molecular weight excluding hydrogens is 226 g/mol. The van der Waals surface area contributed by atoms with Crippen LogP contribution in [0.1, 0.15) is 23.6 Å². The number of rotatable bonds is 1. The zero-order valence-electron chi connectivity index (χ0n) is 9.07. The Bertz CT molecular complexity index is 419. The van der Waals surface area contributed by atoms with Gasteiger partial charge >= 0.3 is 5.97 Å². The maximum absolute atomic E-state index is 11.5. The molecule has 1 aliphatic rings. The highest BCUT2D eigenvalue weighted by atomic mass is 35.5. The molecule has 1 aromatic carbocycles. The Labute approximate surface area is 99.5 Å². The van der Waals surface area contributed by atoms with Crippen LogP contribution < -0.4 is 5.73 Å². The number of esters is 1. The van der Waals surface area contributed by atoms with Crippen LogP contribution in [0.15, 0.2) is 18.2 Å². The van der Waals surface area contributed by atoms with Crippen LogP contribution in [0.5, 0.6) is 0 Å². The summed E-state index contributed by atoms with van der Waals surface area (Å²) in [6.07, 6.45) is 1.59. The summed E-state index contributed by atoms with van der Waals surface area (Å²) < 4.78 is 4.75. The molecule has 0 amide bonds. The van der Waals surface area contributed by atoms with Crippen molar-refractivity contribution in [2.24, 2.45) is 11.7 Å². The molecule has 0 saturated carbocycles. The number of hydrogen-bond acceptors (Lipinski definition) is 3. The number of methoxy groups -OCH3 is 1. The van der Waals surface area contributed by atoms with Gasteiger partial charge in [-0.2, -0.15) is 0 Å². The van der Waals surface area contributed by atoms with Gasteiger partial charge in [-0.1, -0.05) is 17.7 Å². The van der Waals surface area contributed by atoms with Gasteiger partial charge in [-0.15, -0.1) is 0 Å². The van der Waals surface area contributed by atoms with Crippen molar-refractivity contribution >= 4 is 17.6 Å². The van der Waals surface area contributed by atoms with Gasteiger partial charge in [-0.3, -0.25) is 4.79 Å². The first-order chi connectivity index (χ1) is 7.63. The average Bonchev–Trinajstić information content (AvgIpc) is 2.29. The van der Waals surface area contributed by atoms with Gasteiger partial charge in [0.15, 0.2) is 0 Å². The highest BCUT2D eigenvalue weighted by Crippen LogP contribution is 2.34. The predicted molar refractivity (Wildman–Crippen MR) is 62.2 cm³/mol. The lowest BCUT2D eigenvalue weighted by molar-refractivity contribution is -0.146. The van der Waals surface area contributed by atoms with Crippen molar-refractivity contribution in [3.63, 3.8) is 0 Å². The van der Waals surface area contributed by atoms with Gasteiger partial charge in [0.1, 0.15) is 0 Å². The smallest absolute Gasteiger partial charge is 0.310 e. The van der Waals surface area contributed by atoms with Crippen molar-refractivity contribution in [1.29, 1.82) is 0 Å². The van der Waals surface area contributed by atoms with E-state index in [4.69, 9.17) is 22.1 Å². The van der Waals surface area contributed by atoms with E-state index >= 15 is 0 Å². The average molecular weight is 240 g/mol. The second-order valence-electron chi connectivity index (χ2n) is 4.04. The molecule has 1 aromatic rings. The van der Waals surface area contributed by atoms with Crippen molar-refractivity contribution in [3.8, 4) is 0 Å². The summed E-state index contributed by atoms with van der Waals surface area (Å²) in [5.74, 6) is -0.492. The Hall–Kier alpha value is -1.06. The van der Waals surface area contributed by atoms with Crippen LogP contribution in [-0.2, 0) is 16.0 Å². The van der Waals surface area contributed by atoms with Crippen LogP contribution in [0.2, 0.25) is 5.02 Å². The molecule has 0 saturated heterocycles. The Kier molecular flexibility index (Phi) is 3.17. The fourth-order valence-electron chi connectivity index (χ4n) is 2.23. The van der Waals surface area contributed by atoms with Gasteiger partial charge < -0.3 is 10.5 Å². The molecular formula is C12H14ClNO2. The minimum Gasteiger partial charge on any atom is -0.469 e. The molecule has 16 heavy (non-hydrogen) atoms. The Morgan fingerprint density at radius 3 is 3.00 bits per heavy atom. The van der Waals surface area contributed by atoms with Crippen molar-refractivity contribution < 1.29 is 9.53 Å². The summed E-state index contributed by atoms with van der Waals surface area (Å²) >= 11 is 5.93. The van der Waals surface area contributed by atoms with Gasteiger partial charge in [0, 0.05) is 11.1 Å². The zero-order valence-corrected chi connectivity index (χ0v) is 9.83. The minimum atomic E-state index is -0.310. The summed E-state index contributed by atoms with van der Waals surface area (Å²) in [4.78, 5) is 11.5. The summed E-state index contributed by atoms with van der Waals surface area (Å²) in [6.45, 7) is 0. The molecule has 0 fully saturated rings. The predicted octanol–water partition coefficient (Wildman–Crippen LogP) is 2.08. The van der Waals surface area contributed by atoms with E-state index in [0.717, 1.165) is 18.4 Å². The van der Waals surface area contributed by atoms with Crippen molar-refractivity contribution in [2.75, 3.05) is 7.11 Å². The third-order valence-electron chi connectivity index (χ3n) is 3.13. The third kappa shape index (κ3) is 1.93. The Balaban J connectivity index is 2.34. The van der Waals surface area contributed by atoms with E-state index in [9.17, 15) is 4.79 Å². The number of benzene rings is 1. The van der Waals surface area contributed by atoms with E-state index in [1.54, 1.807) is 0 Å². The molecule has 2 atom stereocenters. The van der Waals surface area contributed by atoms with E-state index < -0.39 is 0 Å². The lowest BCUT2D eigenvalue weighted by Gasteiger charge is -2.29. The lowest BCUT2D eigenvalue weighted by Crippen LogP contribution is -2.33. The highest BCUT2D eigenvalue weighted by Gasteiger charge is 2.32. The molecule has 0 spiro atoms. The van der Waals surface area contributed by atoms with Crippen molar-refractivity contribution in [1.82, 2.24) is 0 Å². The van der Waals surface area contributed by atoms with Crippen LogP contribution in [-0.4, -0.2) is 13.1 Å². The monoisotopic (exact) mass is 239 g/mol. The lowest BCUT2D eigenvalue weighted by atomic mass is 9.80. The fraction of sp³-hybridized carbons (Fsp3) is 0.417. The SMILES string of the molecule is COC(=O)C1CCc2ccc(Cl)cc2C1N. The molecule has 0 aromatic heterocycles. The van der Waals surface area contributed by atoms with Crippen LogP contribution in [0.4, 0.5) is 0 Å². The molecule has 0 bridgehead atoms. The quantitative estimate of drug-likeness (QED) is 0.764. The number of carbonyl (C=O) groups excluding carboxylic acids is 1.